The van der Waals surface area contributed by atoms with Gasteiger partial charge in [0.05, 0.1) is 5.76 Å². The number of nitrogen functional groups attached to an aromatic ring is 1. The second kappa shape index (κ2) is 6.52. The summed E-state index contributed by atoms with van der Waals surface area (Å²) in [6.45, 7) is 0. The highest BCUT2D eigenvalue weighted by Gasteiger charge is 2.24. The van der Waals surface area contributed by atoms with Crippen LogP contribution in [0.2, 0.25) is 0 Å². The summed E-state index contributed by atoms with van der Waals surface area (Å²) >= 11 is 3.22. The second-order valence-corrected chi connectivity index (χ2v) is 6.26. The normalized spacial score (nSPS) is 18.0. The van der Waals surface area contributed by atoms with Gasteiger partial charge in [-0.3, -0.25) is 0 Å². The maximum absolute atomic E-state index is 10.4. The minimum Gasteiger partial charge on any atom is -0.512 e. The van der Waals surface area contributed by atoms with Crippen molar-refractivity contribution in [1.29, 1.82) is 0 Å². The molecule has 0 bridgehead atoms. The number of nitrogens with zero attached hydrogens (tertiary/aromatic N) is 2. The molecule has 25 heavy (non-hydrogen) atoms. The summed E-state index contributed by atoms with van der Waals surface area (Å²) in [4.78, 5) is 0. The van der Waals surface area contributed by atoms with Gasteiger partial charge in [0.2, 0.25) is 5.89 Å². The van der Waals surface area contributed by atoms with E-state index in [9.17, 15) is 20.4 Å². The Morgan fingerprint density at radius 3 is 2.60 bits per heavy atom. The Bertz CT molecular complexity index is 916. The van der Waals surface area contributed by atoms with Crippen molar-refractivity contribution in [2.45, 2.75) is 6.42 Å². The van der Waals surface area contributed by atoms with Crippen LogP contribution in [0.5, 0.6) is 11.5 Å². The molecule has 6 N–H and O–H groups in total. The van der Waals surface area contributed by atoms with E-state index in [4.69, 9.17) is 10.2 Å². The third-order valence-corrected chi connectivity index (χ3v) is 4.33. The molecule has 0 spiro atoms. The highest BCUT2D eigenvalue weighted by Crippen LogP contribution is 2.37. The van der Waals surface area contributed by atoms with Crippen LogP contribution in [0.15, 0.2) is 45.0 Å². The van der Waals surface area contributed by atoms with Gasteiger partial charge >= 0.3 is 6.01 Å². The molecule has 0 fully saturated rings. The van der Waals surface area contributed by atoms with Crippen molar-refractivity contribution in [3.63, 3.8) is 0 Å². The van der Waals surface area contributed by atoms with E-state index in [2.05, 4.69) is 26.1 Å². The van der Waals surface area contributed by atoms with Crippen molar-refractivity contribution in [3.8, 4) is 11.5 Å². The molecule has 1 aliphatic carbocycles. The molecule has 1 aliphatic rings. The van der Waals surface area contributed by atoms with Gasteiger partial charge in [0, 0.05) is 27.9 Å². The number of aromatic hydroxyl groups is 2. The van der Waals surface area contributed by atoms with Gasteiger partial charge in [-0.1, -0.05) is 5.10 Å². The minimum atomic E-state index is -0.465. The number of phenols is 2. The SMILES string of the molecule is Nc1nnc(C2=CC=C(O)CC2/C=C(\O)c2cc(O)c(O)cc2Br)o1. The van der Waals surface area contributed by atoms with Crippen molar-refractivity contribution in [3.05, 3.63) is 52.0 Å². The Balaban J connectivity index is 1.99. The van der Waals surface area contributed by atoms with Gasteiger partial charge in [-0.05, 0) is 46.3 Å². The van der Waals surface area contributed by atoms with Crippen LogP contribution < -0.4 is 5.73 Å². The molecule has 1 aromatic heterocycles. The van der Waals surface area contributed by atoms with Gasteiger partial charge in [0.25, 0.3) is 0 Å². The fourth-order valence-electron chi connectivity index (χ4n) is 2.47. The average molecular weight is 408 g/mol. The zero-order valence-corrected chi connectivity index (χ0v) is 14.3. The van der Waals surface area contributed by atoms with E-state index in [1.165, 1.54) is 24.3 Å². The van der Waals surface area contributed by atoms with E-state index >= 15 is 0 Å². The molecule has 8 nitrogen and oxygen atoms in total. The van der Waals surface area contributed by atoms with E-state index in [-0.39, 0.29) is 46.9 Å². The molecular weight excluding hydrogens is 394 g/mol. The van der Waals surface area contributed by atoms with Crippen molar-refractivity contribution in [2.24, 2.45) is 5.92 Å². The number of aliphatic hydroxyl groups excluding tert-OH is 2. The Kier molecular flexibility index (Phi) is 4.41. The first-order chi connectivity index (χ1) is 11.8. The molecule has 0 saturated carbocycles. The molecule has 130 valence electrons. The number of nitrogens with two attached hydrogens (primary N) is 1. The Morgan fingerprint density at radius 1 is 1.20 bits per heavy atom. The van der Waals surface area contributed by atoms with Crippen LogP contribution in [-0.4, -0.2) is 30.6 Å². The maximum Gasteiger partial charge on any atom is 0.313 e. The number of phenolic OH excluding ortho intramolecular Hbond substituents is 2. The molecule has 0 saturated heterocycles. The van der Waals surface area contributed by atoms with Crippen LogP contribution in [0.1, 0.15) is 17.9 Å². The molecule has 1 aromatic carbocycles. The summed E-state index contributed by atoms with van der Waals surface area (Å²) in [5, 5.41) is 46.8. The monoisotopic (exact) mass is 407 g/mol. The average Bonchev–Trinajstić information content (AvgIpc) is 2.97. The maximum atomic E-state index is 10.4. The number of aliphatic hydroxyl groups is 2. The number of hydrogen-bond donors (Lipinski definition) is 5. The Labute approximate surface area is 150 Å². The molecule has 0 amide bonds. The fraction of sp³-hybridized carbons (Fsp3) is 0.125. The third-order valence-electron chi connectivity index (χ3n) is 3.67. The van der Waals surface area contributed by atoms with Crippen molar-refractivity contribution in [1.82, 2.24) is 10.2 Å². The van der Waals surface area contributed by atoms with Gasteiger partial charge < -0.3 is 30.6 Å². The van der Waals surface area contributed by atoms with Crippen molar-refractivity contribution < 1.29 is 24.8 Å². The van der Waals surface area contributed by atoms with Gasteiger partial charge in [0.1, 0.15) is 5.76 Å². The first kappa shape index (κ1) is 16.9. The third kappa shape index (κ3) is 3.45. The summed E-state index contributed by atoms with van der Waals surface area (Å²) < 4.78 is 5.61. The number of allylic oxidation sites excluding steroid dienone is 5. The van der Waals surface area contributed by atoms with Gasteiger partial charge in [-0.25, -0.2) is 0 Å². The Hall–Kier alpha value is -2.94. The molecule has 1 heterocycles. The van der Waals surface area contributed by atoms with Crippen molar-refractivity contribution in [2.75, 3.05) is 5.73 Å². The number of halogens is 1. The number of benzene rings is 1. The van der Waals surface area contributed by atoms with Crippen LogP contribution in [0.25, 0.3) is 11.3 Å². The number of hydrogen-bond acceptors (Lipinski definition) is 8. The summed E-state index contributed by atoms with van der Waals surface area (Å²) in [5.74, 6) is -1.01. The van der Waals surface area contributed by atoms with Crippen LogP contribution in [0, 0.1) is 5.92 Å². The lowest BCUT2D eigenvalue weighted by Crippen LogP contribution is -2.07. The predicted octanol–water partition coefficient (Wildman–Crippen LogP) is 3.27. The highest BCUT2D eigenvalue weighted by atomic mass is 79.9. The molecule has 1 unspecified atom stereocenters. The summed E-state index contributed by atoms with van der Waals surface area (Å²) in [5.41, 5.74) is 6.29. The van der Waals surface area contributed by atoms with Crippen LogP contribution in [0.4, 0.5) is 6.01 Å². The summed E-state index contributed by atoms with van der Waals surface area (Å²) in [7, 11) is 0. The predicted molar refractivity (Wildman–Crippen MR) is 93.6 cm³/mol. The first-order valence-corrected chi connectivity index (χ1v) is 7.96. The largest absolute Gasteiger partial charge is 0.512 e. The zero-order chi connectivity index (χ0) is 18.1. The zero-order valence-electron chi connectivity index (χ0n) is 12.7. The summed E-state index contributed by atoms with van der Waals surface area (Å²) in [6, 6.07) is 2.40. The molecule has 1 atom stereocenters. The molecule has 2 aromatic rings. The van der Waals surface area contributed by atoms with Crippen LogP contribution in [-0.2, 0) is 0 Å². The smallest absolute Gasteiger partial charge is 0.313 e. The van der Waals surface area contributed by atoms with Crippen LogP contribution in [0.3, 0.4) is 0 Å². The number of aromatic nitrogens is 2. The molecule has 0 aliphatic heterocycles. The standard InChI is InChI=1S/C16H14BrN3O5/c17-11-6-14(24)13(23)5-10(11)12(22)4-7-3-8(21)1-2-9(7)15-19-20-16(18)25-15/h1-2,4-7,21-24H,3H2,(H2,18,20)/b12-4-. The van der Waals surface area contributed by atoms with E-state index in [0.29, 0.717) is 10.0 Å². The van der Waals surface area contributed by atoms with Gasteiger partial charge in [-0.15, -0.1) is 5.10 Å². The van der Waals surface area contributed by atoms with Crippen LogP contribution >= 0.6 is 15.9 Å². The Morgan fingerprint density at radius 2 is 1.92 bits per heavy atom. The second-order valence-electron chi connectivity index (χ2n) is 5.41. The van der Waals surface area contributed by atoms with Gasteiger partial charge in [-0.2, -0.15) is 0 Å². The quantitative estimate of drug-likeness (QED) is 0.384. The van der Waals surface area contributed by atoms with E-state index in [1.807, 2.05) is 0 Å². The summed E-state index contributed by atoms with van der Waals surface area (Å²) in [6.07, 6.45) is 4.79. The van der Waals surface area contributed by atoms with E-state index in [0.717, 1.165) is 0 Å². The number of rotatable bonds is 3. The molecule has 9 heteroatoms. The fourth-order valence-corrected chi connectivity index (χ4v) is 3.01. The number of anilines is 1. The first-order valence-electron chi connectivity index (χ1n) is 7.17. The van der Waals surface area contributed by atoms with E-state index in [1.54, 1.807) is 6.08 Å². The van der Waals surface area contributed by atoms with E-state index < -0.39 is 5.92 Å². The minimum absolute atomic E-state index is 0.0900. The highest BCUT2D eigenvalue weighted by molar-refractivity contribution is 9.10. The molecule has 3 rings (SSSR count). The lowest BCUT2D eigenvalue weighted by Gasteiger charge is -2.18. The molecular formula is C16H14BrN3O5. The van der Waals surface area contributed by atoms with Gasteiger partial charge in [0.15, 0.2) is 11.5 Å². The lowest BCUT2D eigenvalue weighted by molar-refractivity contribution is 0.375. The topological polar surface area (TPSA) is 146 Å². The lowest BCUT2D eigenvalue weighted by atomic mass is 9.89. The van der Waals surface area contributed by atoms with Crippen molar-refractivity contribution >= 4 is 33.3 Å². The molecule has 0 radical (unpaired) electrons.